The van der Waals surface area contributed by atoms with Gasteiger partial charge < -0.3 is 14.5 Å². The van der Waals surface area contributed by atoms with E-state index in [1.165, 1.54) is 38.8 Å². The predicted molar refractivity (Wildman–Crippen MR) is 107 cm³/mol. The zero-order valence-electron chi connectivity index (χ0n) is 16.7. The summed E-state index contributed by atoms with van der Waals surface area (Å²) in [5.74, 6) is 0.167. The number of aromatic nitrogens is 1. The number of hydrogen-bond acceptors (Lipinski definition) is 5. The number of carbonyl (C=O) groups excluding carboxylic acids is 1. The van der Waals surface area contributed by atoms with Crippen LogP contribution in [0.2, 0.25) is 0 Å². The fraction of sp³-hybridized carbons (Fsp3) is 0.714. The Bertz CT molecular complexity index is 555. The summed E-state index contributed by atoms with van der Waals surface area (Å²) in [4.78, 5) is 24.2. The number of pyridine rings is 1. The molecule has 2 aliphatic heterocycles. The monoisotopic (exact) mass is 374 g/mol. The SMILES string of the molecule is CN(CCCN1CCCCCC1)C(=O)[C@H](c1cccnc1)N1CCOCC1. The number of likely N-dealkylation sites (N-methyl/N-ethyl adjacent to an activating group) is 1. The molecule has 0 spiro atoms. The Kier molecular flexibility index (Phi) is 8.05. The molecule has 2 saturated heterocycles. The van der Waals surface area contributed by atoms with Crippen LogP contribution >= 0.6 is 0 Å². The van der Waals surface area contributed by atoms with Gasteiger partial charge in [0.25, 0.3) is 0 Å². The molecule has 3 heterocycles. The molecule has 27 heavy (non-hydrogen) atoms. The predicted octanol–water partition coefficient (Wildman–Crippen LogP) is 2.18. The molecule has 1 amide bonds. The lowest BCUT2D eigenvalue weighted by Crippen LogP contribution is -2.46. The molecule has 0 bridgehead atoms. The molecule has 1 aromatic rings. The Morgan fingerprint density at radius 1 is 1.19 bits per heavy atom. The van der Waals surface area contributed by atoms with Crippen LogP contribution in [0.5, 0.6) is 0 Å². The topological polar surface area (TPSA) is 48.9 Å². The summed E-state index contributed by atoms with van der Waals surface area (Å²) in [5, 5.41) is 0. The van der Waals surface area contributed by atoms with Gasteiger partial charge in [0.2, 0.25) is 5.91 Å². The molecule has 0 radical (unpaired) electrons. The van der Waals surface area contributed by atoms with Crippen molar-refractivity contribution in [2.75, 3.05) is 59.5 Å². The van der Waals surface area contributed by atoms with Crippen LogP contribution in [-0.4, -0.2) is 85.1 Å². The fourth-order valence-corrected chi connectivity index (χ4v) is 4.09. The largest absolute Gasteiger partial charge is 0.379 e. The maximum Gasteiger partial charge on any atom is 0.244 e. The Morgan fingerprint density at radius 3 is 2.59 bits per heavy atom. The highest BCUT2D eigenvalue weighted by atomic mass is 16.5. The fourth-order valence-electron chi connectivity index (χ4n) is 4.09. The van der Waals surface area contributed by atoms with Crippen LogP contribution in [0.3, 0.4) is 0 Å². The number of likely N-dealkylation sites (tertiary alicyclic amines) is 1. The van der Waals surface area contributed by atoms with Gasteiger partial charge in [0.05, 0.1) is 13.2 Å². The standard InChI is InChI=1S/C21H34N4O2/c1-23(10-7-13-24-11-4-2-3-5-12-24)21(26)20(19-8-6-9-22-18-19)25-14-16-27-17-15-25/h6,8-9,18,20H,2-5,7,10-17H2,1H3/t20-/m0/s1. The van der Waals surface area contributed by atoms with E-state index < -0.39 is 0 Å². The molecule has 2 fully saturated rings. The lowest BCUT2D eigenvalue weighted by molar-refractivity contribution is -0.138. The smallest absolute Gasteiger partial charge is 0.244 e. The van der Waals surface area contributed by atoms with E-state index >= 15 is 0 Å². The number of nitrogens with zero attached hydrogens (tertiary/aromatic N) is 4. The van der Waals surface area contributed by atoms with Gasteiger partial charge in [-0.05, 0) is 50.5 Å². The normalized spacial score (nSPS) is 20.8. The van der Waals surface area contributed by atoms with E-state index in [9.17, 15) is 4.79 Å². The molecule has 3 rings (SSSR count). The summed E-state index contributed by atoms with van der Waals surface area (Å²) in [6.45, 7) is 7.25. The minimum Gasteiger partial charge on any atom is -0.379 e. The van der Waals surface area contributed by atoms with Crippen LogP contribution in [0, 0.1) is 0 Å². The summed E-state index contributed by atoms with van der Waals surface area (Å²) in [5.41, 5.74) is 0.976. The van der Waals surface area contributed by atoms with Gasteiger partial charge in [0.1, 0.15) is 6.04 Å². The van der Waals surface area contributed by atoms with E-state index in [0.29, 0.717) is 13.2 Å². The molecule has 2 aliphatic rings. The molecule has 150 valence electrons. The lowest BCUT2D eigenvalue weighted by Gasteiger charge is -2.35. The third-order valence-corrected chi connectivity index (χ3v) is 5.69. The summed E-state index contributed by atoms with van der Waals surface area (Å²) >= 11 is 0. The first-order chi connectivity index (χ1) is 13.3. The Balaban J connectivity index is 1.57. The van der Waals surface area contributed by atoms with E-state index in [0.717, 1.165) is 38.2 Å². The van der Waals surface area contributed by atoms with Gasteiger partial charge in [-0.2, -0.15) is 0 Å². The van der Waals surface area contributed by atoms with Crippen molar-refractivity contribution >= 4 is 5.91 Å². The van der Waals surface area contributed by atoms with Gasteiger partial charge in [0, 0.05) is 39.1 Å². The van der Waals surface area contributed by atoms with Crippen molar-refractivity contribution in [2.45, 2.75) is 38.1 Å². The summed E-state index contributed by atoms with van der Waals surface area (Å²) < 4.78 is 5.48. The van der Waals surface area contributed by atoms with E-state index in [1.54, 1.807) is 6.20 Å². The third-order valence-electron chi connectivity index (χ3n) is 5.69. The molecule has 6 heteroatoms. The van der Waals surface area contributed by atoms with Crippen LogP contribution in [0.15, 0.2) is 24.5 Å². The van der Waals surface area contributed by atoms with Gasteiger partial charge in [-0.1, -0.05) is 18.9 Å². The van der Waals surface area contributed by atoms with Crippen molar-refractivity contribution in [3.8, 4) is 0 Å². The van der Waals surface area contributed by atoms with Crippen molar-refractivity contribution in [3.05, 3.63) is 30.1 Å². The maximum atomic E-state index is 13.3. The molecule has 1 aromatic heterocycles. The Morgan fingerprint density at radius 2 is 1.93 bits per heavy atom. The van der Waals surface area contributed by atoms with E-state index in [4.69, 9.17) is 4.74 Å². The molecule has 0 aromatic carbocycles. The van der Waals surface area contributed by atoms with Crippen molar-refractivity contribution < 1.29 is 9.53 Å². The summed E-state index contributed by atoms with van der Waals surface area (Å²) in [7, 11) is 1.94. The number of morpholine rings is 1. The number of rotatable bonds is 7. The van der Waals surface area contributed by atoms with Crippen LogP contribution < -0.4 is 0 Å². The molecule has 0 unspecified atom stereocenters. The average Bonchev–Trinajstić information content (AvgIpc) is 2.98. The number of hydrogen-bond donors (Lipinski definition) is 0. The van der Waals surface area contributed by atoms with E-state index in [-0.39, 0.29) is 11.9 Å². The van der Waals surface area contributed by atoms with E-state index in [2.05, 4.69) is 14.8 Å². The van der Waals surface area contributed by atoms with Crippen molar-refractivity contribution in [3.63, 3.8) is 0 Å². The first kappa shape index (κ1) is 20.2. The van der Waals surface area contributed by atoms with Gasteiger partial charge in [-0.15, -0.1) is 0 Å². The van der Waals surface area contributed by atoms with E-state index in [1.807, 2.05) is 30.3 Å². The highest BCUT2D eigenvalue weighted by Crippen LogP contribution is 2.23. The minimum absolute atomic E-state index is 0.167. The van der Waals surface area contributed by atoms with Gasteiger partial charge in [-0.3, -0.25) is 14.7 Å². The average molecular weight is 375 g/mol. The second-order valence-corrected chi connectivity index (χ2v) is 7.71. The van der Waals surface area contributed by atoms with Crippen LogP contribution in [-0.2, 0) is 9.53 Å². The Labute approximate surface area is 163 Å². The number of amides is 1. The molecular formula is C21H34N4O2. The number of ether oxygens (including phenoxy) is 1. The molecular weight excluding hydrogens is 340 g/mol. The van der Waals surface area contributed by atoms with Crippen molar-refractivity contribution in [1.82, 2.24) is 19.7 Å². The number of carbonyl (C=O) groups is 1. The van der Waals surface area contributed by atoms with Crippen LogP contribution in [0.25, 0.3) is 0 Å². The second kappa shape index (κ2) is 10.7. The molecule has 0 aliphatic carbocycles. The molecule has 6 nitrogen and oxygen atoms in total. The van der Waals surface area contributed by atoms with Gasteiger partial charge in [0.15, 0.2) is 0 Å². The zero-order valence-corrected chi connectivity index (χ0v) is 16.7. The van der Waals surface area contributed by atoms with Crippen LogP contribution in [0.4, 0.5) is 0 Å². The quantitative estimate of drug-likeness (QED) is 0.732. The van der Waals surface area contributed by atoms with Gasteiger partial charge >= 0.3 is 0 Å². The highest BCUT2D eigenvalue weighted by molar-refractivity contribution is 5.83. The van der Waals surface area contributed by atoms with Crippen molar-refractivity contribution in [2.24, 2.45) is 0 Å². The molecule has 1 atom stereocenters. The Hall–Kier alpha value is -1.50. The van der Waals surface area contributed by atoms with Crippen molar-refractivity contribution in [1.29, 1.82) is 0 Å². The second-order valence-electron chi connectivity index (χ2n) is 7.71. The lowest BCUT2D eigenvalue weighted by atomic mass is 10.1. The maximum absolute atomic E-state index is 13.3. The summed E-state index contributed by atoms with van der Waals surface area (Å²) in [6, 6.07) is 3.66. The third kappa shape index (κ3) is 5.99. The summed E-state index contributed by atoms with van der Waals surface area (Å²) in [6.07, 6.45) is 9.97. The van der Waals surface area contributed by atoms with Crippen LogP contribution in [0.1, 0.15) is 43.7 Å². The molecule has 0 N–H and O–H groups in total. The molecule has 0 saturated carbocycles. The zero-order chi connectivity index (χ0) is 18.9. The first-order valence-electron chi connectivity index (χ1n) is 10.4. The first-order valence-corrected chi connectivity index (χ1v) is 10.4. The highest BCUT2D eigenvalue weighted by Gasteiger charge is 2.31. The van der Waals surface area contributed by atoms with Gasteiger partial charge in [-0.25, -0.2) is 0 Å². The minimum atomic E-state index is -0.259.